The number of piperidine rings is 1. The average molecular weight is 446 g/mol. The lowest BCUT2D eigenvalue weighted by Gasteiger charge is -2.29. The van der Waals surface area contributed by atoms with Gasteiger partial charge in [-0.25, -0.2) is 0 Å². The van der Waals surface area contributed by atoms with Gasteiger partial charge in [-0.2, -0.15) is 0 Å². The first-order valence-corrected chi connectivity index (χ1v) is 12.2. The SMILES string of the molecule is Cc1ccc(C(=O)N(CCC(C)C)Cc2c(-c3ccccc3)noc2N2CCCCC2)cc1. The maximum Gasteiger partial charge on any atom is 0.254 e. The predicted molar refractivity (Wildman–Crippen MR) is 133 cm³/mol. The number of aryl methyl sites for hydroxylation is 1. The van der Waals surface area contributed by atoms with Crippen LogP contribution in [-0.4, -0.2) is 35.6 Å². The molecule has 0 unspecified atom stereocenters. The van der Waals surface area contributed by atoms with E-state index in [1.165, 1.54) is 6.42 Å². The summed E-state index contributed by atoms with van der Waals surface area (Å²) in [4.78, 5) is 17.9. The lowest BCUT2D eigenvalue weighted by atomic mass is 10.0. The summed E-state index contributed by atoms with van der Waals surface area (Å²) in [5, 5.41) is 4.50. The van der Waals surface area contributed by atoms with Crippen LogP contribution in [0.25, 0.3) is 11.3 Å². The van der Waals surface area contributed by atoms with Gasteiger partial charge in [-0.3, -0.25) is 4.79 Å². The number of nitrogens with zero attached hydrogens (tertiary/aromatic N) is 3. The Hall–Kier alpha value is -3.08. The van der Waals surface area contributed by atoms with Crippen molar-refractivity contribution in [3.8, 4) is 11.3 Å². The number of carbonyl (C=O) groups is 1. The summed E-state index contributed by atoms with van der Waals surface area (Å²) in [6, 6.07) is 18.0. The number of carbonyl (C=O) groups excluding carboxylic acids is 1. The van der Waals surface area contributed by atoms with Crippen molar-refractivity contribution in [1.82, 2.24) is 10.1 Å². The highest BCUT2D eigenvalue weighted by Crippen LogP contribution is 2.34. The summed E-state index contributed by atoms with van der Waals surface area (Å²) in [6.07, 6.45) is 4.50. The Labute approximate surface area is 197 Å². The molecular weight excluding hydrogens is 410 g/mol. The second-order valence-electron chi connectivity index (χ2n) is 9.50. The van der Waals surface area contributed by atoms with Crippen LogP contribution in [0.1, 0.15) is 61.0 Å². The molecule has 1 aliphatic heterocycles. The second-order valence-corrected chi connectivity index (χ2v) is 9.50. The van der Waals surface area contributed by atoms with Crippen molar-refractivity contribution in [2.24, 2.45) is 5.92 Å². The molecule has 5 heteroatoms. The summed E-state index contributed by atoms with van der Waals surface area (Å²) in [5.41, 5.74) is 4.74. The van der Waals surface area contributed by atoms with E-state index in [-0.39, 0.29) is 5.91 Å². The van der Waals surface area contributed by atoms with Crippen molar-refractivity contribution >= 4 is 11.8 Å². The highest BCUT2D eigenvalue weighted by molar-refractivity contribution is 5.94. The Bertz CT molecular complexity index is 1030. The molecule has 1 aliphatic rings. The maximum atomic E-state index is 13.6. The van der Waals surface area contributed by atoms with Crippen LogP contribution in [0.15, 0.2) is 59.1 Å². The van der Waals surface area contributed by atoms with Crippen LogP contribution in [0.2, 0.25) is 0 Å². The van der Waals surface area contributed by atoms with Gasteiger partial charge in [0.25, 0.3) is 5.91 Å². The highest BCUT2D eigenvalue weighted by Gasteiger charge is 2.27. The number of hydrogen-bond donors (Lipinski definition) is 0. The Kier molecular flexibility index (Phi) is 7.48. The maximum absolute atomic E-state index is 13.6. The zero-order valence-corrected chi connectivity index (χ0v) is 20.1. The van der Waals surface area contributed by atoms with Crippen molar-refractivity contribution in [3.05, 3.63) is 71.3 Å². The van der Waals surface area contributed by atoms with Gasteiger partial charge in [-0.05, 0) is 50.7 Å². The molecule has 1 fully saturated rings. The molecule has 0 radical (unpaired) electrons. The Balaban J connectivity index is 1.70. The Morgan fingerprint density at radius 1 is 1.03 bits per heavy atom. The lowest BCUT2D eigenvalue weighted by Crippen LogP contribution is -2.34. The van der Waals surface area contributed by atoms with Crippen molar-refractivity contribution < 1.29 is 9.32 Å². The molecule has 0 saturated carbocycles. The second kappa shape index (κ2) is 10.7. The van der Waals surface area contributed by atoms with Gasteiger partial charge in [0.05, 0.1) is 12.1 Å². The van der Waals surface area contributed by atoms with E-state index in [0.717, 1.165) is 66.2 Å². The van der Waals surface area contributed by atoms with Crippen molar-refractivity contribution in [3.63, 3.8) is 0 Å². The van der Waals surface area contributed by atoms with Gasteiger partial charge in [0, 0.05) is 30.8 Å². The molecular formula is C28H35N3O2. The first-order chi connectivity index (χ1) is 16.0. The highest BCUT2D eigenvalue weighted by atomic mass is 16.5. The first kappa shape index (κ1) is 23.1. The van der Waals surface area contributed by atoms with Crippen molar-refractivity contribution in [1.29, 1.82) is 0 Å². The van der Waals surface area contributed by atoms with Crippen LogP contribution in [0.5, 0.6) is 0 Å². The van der Waals surface area contributed by atoms with E-state index in [9.17, 15) is 4.79 Å². The Morgan fingerprint density at radius 2 is 1.73 bits per heavy atom. The standard InChI is InChI=1S/C28H35N3O2/c1-21(2)16-19-31(27(32)24-14-12-22(3)13-15-24)20-25-26(23-10-6-4-7-11-23)29-33-28(25)30-17-8-5-9-18-30/h4,6-7,10-15,21H,5,8-9,16-20H2,1-3H3. The zero-order chi connectivity index (χ0) is 23.2. The van der Waals surface area contributed by atoms with Crippen LogP contribution >= 0.6 is 0 Å². The quantitative estimate of drug-likeness (QED) is 0.407. The monoisotopic (exact) mass is 445 g/mol. The summed E-state index contributed by atoms with van der Waals surface area (Å²) >= 11 is 0. The Morgan fingerprint density at radius 3 is 2.39 bits per heavy atom. The fourth-order valence-electron chi connectivity index (χ4n) is 4.35. The number of aromatic nitrogens is 1. The summed E-state index contributed by atoms with van der Waals surface area (Å²) in [7, 11) is 0. The average Bonchev–Trinajstić information content (AvgIpc) is 3.26. The van der Waals surface area contributed by atoms with Crippen LogP contribution in [0, 0.1) is 12.8 Å². The van der Waals surface area contributed by atoms with E-state index in [4.69, 9.17) is 4.52 Å². The van der Waals surface area contributed by atoms with Gasteiger partial charge >= 0.3 is 0 Å². The molecule has 174 valence electrons. The van der Waals surface area contributed by atoms with Crippen LogP contribution in [0.3, 0.4) is 0 Å². The molecule has 3 aromatic rings. The summed E-state index contributed by atoms with van der Waals surface area (Å²) < 4.78 is 5.96. The van der Waals surface area contributed by atoms with Gasteiger partial charge in [0.1, 0.15) is 5.69 Å². The topological polar surface area (TPSA) is 49.6 Å². The number of hydrogen-bond acceptors (Lipinski definition) is 4. The summed E-state index contributed by atoms with van der Waals surface area (Å²) in [5.74, 6) is 1.39. The number of rotatable bonds is 8. The smallest absolute Gasteiger partial charge is 0.254 e. The van der Waals surface area contributed by atoms with Gasteiger partial charge in [0.2, 0.25) is 5.88 Å². The van der Waals surface area contributed by atoms with Crippen LogP contribution < -0.4 is 4.90 Å². The fourth-order valence-corrected chi connectivity index (χ4v) is 4.35. The molecule has 4 rings (SSSR count). The van der Waals surface area contributed by atoms with Crippen molar-refractivity contribution in [2.45, 2.75) is 53.0 Å². The molecule has 2 heterocycles. The minimum Gasteiger partial charge on any atom is -0.340 e. The van der Waals surface area contributed by atoms with E-state index >= 15 is 0 Å². The summed E-state index contributed by atoms with van der Waals surface area (Å²) in [6.45, 7) is 9.55. The molecule has 5 nitrogen and oxygen atoms in total. The predicted octanol–water partition coefficient (Wildman–Crippen LogP) is 6.33. The van der Waals surface area contributed by atoms with Crippen molar-refractivity contribution in [2.75, 3.05) is 24.5 Å². The van der Waals surface area contributed by atoms with E-state index in [1.54, 1.807) is 0 Å². The van der Waals surface area contributed by atoms with Gasteiger partial charge in [-0.1, -0.05) is 67.0 Å². The number of anilines is 1. The molecule has 0 spiro atoms. The minimum absolute atomic E-state index is 0.0560. The third kappa shape index (κ3) is 5.65. The van der Waals surface area contributed by atoms with E-state index in [1.807, 2.05) is 54.3 Å². The molecule has 0 bridgehead atoms. The largest absolute Gasteiger partial charge is 0.340 e. The molecule has 1 saturated heterocycles. The molecule has 1 amide bonds. The molecule has 1 aromatic heterocycles. The molecule has 0 aliphatic carbocycles. The van der Waals surface area contributed by atoms with Gasteiger partial charge in [-0.15, -0.1) is 0 Å². The zero-order valence-electron chi connectivity index (χ0n) is 20.1. The van der Waals surface area contributed by atoms with Crippen LogP contribution in [0.4, 0.5) is 5.88 Å². The molecule has 33 heavy (non-hydrogen) atoms. The minimum atomic E-state index is 0.0560. The lowest BCUT2D eigenvalue weighted by molar-refractivity contribution is 0.0736. The van der Waals surface area contributed by atoms with Gasteiger partial charge < -0.3 is 14.3 Å². The molecule has 0 N–H and O–H groups in total. The fraction of sp³-hybridized carbons (Fsp3) is 0.429. The number of benzene rings is 2. The molecule has 2 aromatic carbocycles. The van der Waals surface area contributed by atoms with E-state index in [0.29, 0.717) is 19.0 Å². The molecule has 0 atom stereocenters. The first-order valence-electron chi connectivity index (χ1n) is 12.2. The van der Waals surface area contributed by atoms with Crippen LogP contribution in [-0.2, 0) is 6.54 Å². The van der Waals surface area contributed by atoms with Gasteiger partial charge in [0.15, 0.2) is 0 Å². The number of amides is 1. The third-order valence-corrected chi connectivity index (χ3v) is 6.37. The van der Waals surface area contributed by atoms with E-state index in [2.05, 4.69) is 36.0 Å². The normalized spacial score (nSPS) is 14.0. The van der Waals surface area contributed by atoms with E-state index < -0.39 is 0 Å². The third-order valence-electron chi connectivity index (χ3n) is 6.37.